The molecule has 1 aromatic carbocycles. The summed E-state index contributed by atoms with van der Waals surface area (Å²) in [6, 6.07) is 10.6. The number of nitriles is 1. The summed E-state index contributed by atoms with van der Waals surface area (Å²) in [5.41, 5.74) is 8.15. The van der Waals surface area contributed by atoms with Gasteiger partial charge >= 0.3 is 0 Å². The highest BCUT2D eigenvalue weighted by Gasteiger charge is 2.58. The van der Waals surface area contributed by atoms with Crippen LogP contribution in [-0.4, -0.2) is 27.5 Å². The molecule has 0 amide bonds. The SMILES string of the molecule is N#CC(C1C2CC3CC1CC(O)(C3)C2)C(C(=N)N)N1Cc2ccccc2C1. The average molecular weight is 364 g/mol. The Labute approximate surface area is 160 Å². The van der Waals surface area contributed by atoms with Crippen LogP contribution in [0.1, 0.15) is 43.2 Å². The van der Waals surface area contributed by atoms with E-state index in [0.29, 0.717) is 17.8 Å². The summed E-state index contributed by atoms with van der Waals surface area (Å²) in [4.78, 5) is 2.22. The van der Waals surface area contributed by atoms with Crippen molar-refractivity contribution in [1.29, 1.82) is 10.7 Å². The second-order valence-electron chi connectivity index (χ2n) is 9.50. The minimum atomic E-state index is -0.497. The molecule has 5 heteroatoms. The molecule has 4 saturated carbocycles. The van der Waals surface area contributed by atoms with Crippen molar-refractivity contribution in [2.24, 2.45) is 35.3 Å². The molecule has 0 aromatic heterocycles. The third-order valence-electron chi connectivity index (χ3n) is 7.79. The highest BCUT2D eigenvalue weighted by molar-refractivity contribution is 5.83. The van der Waals surface area contributed by atoms with Crippen LogP contribution < -0.4 is 5.73 Å². The van der Waals surface area contributed by atoms with Crippen molar-refractivity contribution in [3.05, 3.63) is 35.4 Å². The molecule has 4 unspecified atom stereocenters. The lowest BCUT2D eigenvalue weighted by Crippen LogP contribution is -2.59. The molecule has 4 N–H and O–H groups in total. The highest BCUT2D eigenvalue weighted by Crippen LogP contribution is 2.60. The third-order valence-corrected chi connectivity index (χ3v) is 7.79. The second-order valence-corrected chi connectivity index (χ2v) is 9.50. The summed E-state index contributed by atoms with van der Waals surface area (Å²) in [5, 5.41) is 29.4. The third kappa shape index (κ3) is 2.69. The zero-order valence-electron chi connectivity index (χ0n) is 15.6. The predicted octanol–water partition coefficient (Wildman–Crippen LogP) is 2.63. The number of hydrogen-bond donors (Lipinski definition) is 3. The van der Waals surface area contributed by atoms with Gasteiger partial charge in [0, 0.05) is 13.1 Å². The number of nitrogens with zero attached hydrogens (tertiary/aromatic N) is 2. The summed E-state index contributed by atoms with van der Waals surface area (Å²) in [6.07, 6.45) is 4.86. The van der Waals surface area contributed by atoms with Crippen LogP contribution in [0.15, 0.2) is 24.3 Å². The molecular formula is C22H28N4O. The van der Waals surface area contributed by atoms with Crippen molar-refractivity contribution in [3.63, 3.8) is 0 Å². The Bertz CT molecular complexity index is 774. The predicted molar refractivity (Wildman–Crippen MR) is 102 cm³/mol. The van der Waals surface area contributed by atoms with Crippen molar-refractivity contribution >= 4 is 5.84 Å². The maximum absolute atomic E-state index is 10.9. The van der Waals surface area contributed by atoms with E-state index in [4.69, 9.17) is 11.1 Å². The normalized spacial score (nSPS) is 39.0. The zero-order chi connectivity index (χ0) is 18.8. The van der Waals surface area contributed by atoms with Gasteiger partial charge in [-0.3, -0.25) is 10.3 Å². The molecule has 0 saturated heterocycles. The maximum Gasteiger partial charge on any atom is 0.110 e. The van der Waals surface area contributed by atoms with E-state index < -0.39 is 5.60 Å². The quantitative estimate of drug-likeness (QED) is 0.565. The molecule has 5 aliphatic rings. The molecule has 142 valence electrons. The first-order chi connectivity index (χ1) is 13.0. The molecule has 1 aromatic rings. The van der Waals surface area contributed by atoms with Crippen LogP contribution in [0.25, 0.3) is 0 Å². The molecule has 1 heterocycles. The Morgan fingerprint density at radius 3 is 2.26 bits per heavy atom. The minimum absolute atomic E-state index is 0.113. The summed E-state index contributed by atoms with van der Waals surface area (Å²) in [5.74, 6) is 1.52. The fourth-order valence-electron chi connectivity index (χ4n) is 7.15. The molecule has 4 fully saturated rings. The maximum atomic E-state index is 10.9. The lowest BCUT2D eigenvalue weighted by molar-refractivity contribution is -0.161. The number of amidine groups is 1. The summed E-state index contributed by atoms with van der Waals surface area (Å²) in [7, 11) is 0. The number of hydrogen-bond acceptors (Lipinski definition) is 4. The Kier molecular flexibility index (Phi) is 3.86. The van der Waals surface area contributed by atoms with E-state index in [-0.39, 0.29) is 23.7 Å². The topological polar surface area (TPSA) is 97.1 Å². The Morgan fingerprint density at radius 2 is 1.78 bits per heavy atom. The number of aliphatic hydroxyl groups is 1. The fourth-order valence-corrected chi connectivity index (χ4v) is 7.15. The lowest BCUT2D eigenvalue weighted by Gasteiger charge is -2.59. The van der Waals surface area contributed by atoms with Gasteiger partial charge in [0.2, 0.25) is 0 Å². The van der Waals surface area contributed by atoms with E-state index in [9.17, 15) is 10.4 Å². The summed E-state index contributed by atoms with van der Waals surface area (Å²) < 4.78 is 0. The van der Waals surface area contributed by atoms with Crippen LogP contribution in [0.4, 0.5) is 0 Å². The van der Waals surface area contributed by atoms with Crippen LogP contribution in [0.3, 0.4) is 0 Å². The number of rotatable bonds is 4. The van der Waals surface area contributed by atoms with E-state index in [2.05, 4.69) is 23.1 Å². The molecule has 4 bridgehead atoms. The van der Waals surface area contributed by atoms with Crippen LogP contribution in [0, 0.1) is 46.3 Å². The lowest BCUT2D eigenvalue weighted by atomic mass is 9.47. The Balaban J connectivity index is 1.44. The minimum Gasteiger partial charge on any atom is -0.390 e. The molecule has 5 nitrogen and oxygen atoms in total. The van der Waals surface area contributed by atoms with Gasteiger partial charge in [-0.25, -0.2) is 0 Å². The molecule has 1 aliphatic heterocycles. The van der Waals surface area contributed by atoms with Gasteiger partial charge < -0.3 is 10.8 Å². The van der Waals surface area contributed by atoms with Crippen molar-refractivity contribution in [2.75, 3.05) is 0 Å². The van der Waals surface area contributed by atoms with Gasteiger partial charge in [-0.2, -0.15) is 5.26 Å². The number of fused-ring (bicyclic) bond motifs is 1. The van der Waals surface area contributed by atoms with Crippen molar-refractivity contribution in [2.45, 2.75) is 56.8 Å². The molecule has 4 atom stereocenters. The van der Waals surface area contributed by atoms with Crippen LogP contribution in [0.5, 0.6) is 0 Å². The fraction of sp³-hybridized carbons (Fsp3) is 0.636. The van der Waals surface area contributed by atoms with E-state index in [1.54, 1.807) is 0 Å². The van der Waals surface area contributed by atoms with Crippen LogP contribution >= 0.6 is 0 Å². The van der Waals surface area contributed by atoms with E-state index >= 15 is 0 Å². The largest absolute Gasteiger partial charge is 0.390 e. The number of nitrogens with one attached hydrogen (secondary N) is 1. The zero-order valence-corrected chi connectivity index (χ0v) is 15.6. The Morgan fingerprint density at radius 1 is 1.19 bits per heavy atom. The van der Waals surface area contributed by atoms with E-state index in [1.165, 1.54) is 11.1 Å². The molecule has 6 rings (SSSR count). The first-order valence-electron chi connectivity index (χ1n) is 10.2. The van der Waals surface area contributed by atoms with Crippen LogP contribution in [-0.2, 0) is 13.1 Å². The molecule has 4 aliphatic carbocycles. The van der Waals surface area contributed by atoms with Crippen molar-refractivity contribution in [1.82, 2.24) is 4.90 Å². The summed E-state index contributed by atoms with van der Waals surface area (Å²) >= 11 is 0. The molecule has 27 heavy (non-hydrogen) atoms. The first-order valence-corrected chi connectivity index (χ1v) is 10.2. The average Bonchev–Trinajstić information content (AvgIpc) is 3.01. The summed E-state index contributed by atoms with van der Waals surface area (Å²) in [6.45, 7) is 1.51. The van der Waals surface area contributed by atoms with Crippen molar-refractivity contribution < 1.29 is 5.11 Å². The van der Waals surface area contributed by atoms with Gasteiger partial charge in [0.25, 0.3) is 0 Å². The van der Waals surface area contributed by atoms with Gasteiger partial charge in [0.1, 0.15) is 5.84 Å². The van der Waals surface area contributed by atoms with Gasteiger partial charge in [-0.05, 0) is 66.9 Å². The smallest absolute Gasteiger partial charge is 0.110 e. The first kappa shape index (κ1) is 17.2. The van der Waals surface area contributed by atoms with E-state index in [1.807, 2.05) is 12.1 Å². The highest BCUT2D eigenvalue weighted by atomic mass is 16.3. The van der Waals surface area contributed by atoms with Crippen LogP contribution in [0.2, 0.25) is 0 Å². The molecule has 0 spiro atoms. The number of nitrogens with two attached hydrogens (primary N) is 1. The van der Waals surface area contributed by atoms with E-state index in [0.717, 1.165) is 45.2 Å². The molecular weight excluding hydrogens is 336 g/mol. The van der Waals surface area contributed by atoms with Gasteiger partial charge in [0.15, 0.2) is 0 Å². The molecule has 0 radical (unpaired) electrons. The monoisotopic (exact) mass is 364 g/mol. The van der Waals surface area contributed by atoms with Crippen molar-refractivity contribution in [3.8, 4) is 6.07 Å². The second kappa shape index (κ2) is 6.05. The Hall–Kier alpha value is -1.90. The van der Waals surface area contributed by atoms with Gasteiger partial charge in [-0.1, -0.05) is 24.3 Å². The van der Waals surface area contributed by atoms with Gasteiger partial charge in [-0.15, -0.1) is 0 Å². The van der Waals surface area contributed by atoms with Gasteiger partial charge in [0.05, 0.1) is 23.6 Å². The standard InChI is InChI=1S/C22H28N4O/c23-10-18(19-16-5-13-6-17(19)9-22(27,7-13)8-16)20(21(24)25)26-11-14-3-1-2-4-15(14)12-26/h1-4,13,16-20,27H,5-9,11-12H2,(H3,24,25). The number of benzene rings is 1.